The maximum absolute atomic E-state index is 13.7. The molecule has 31 heavy (non-hydrogen) atoms. The fourth-order valence-corrected chi connectivity index (χ4v) is 4.20. The minimum absolute atomic E-state index is 0. The van der Waals surface area contributed by atoms with E-state index in [1.165, 1.54) is 12.3 Å². The highest BCUT2D eigenvalue weighted by Crippen LogP contribution is 2.26. The zero-order valence-corrected chi connectivity index (χ0v) is 18.9. The fourth-order valence-electron chi connectivity index (χ4n) is 4.20. The number of carbonyl (C=O) groups is 1. The van der Waals surface area contributed by atoms with E-state index in [0.717, 1.165) is 41.9 Å². The highest BCUT2D eigenvalue weighted by Gasteiger charge is 2.31. The van der Waals surface area contributed by atoms with Gasteiger partial charge in [-0.15, -0.1) is 12.4 Å². The number of carbonyl (C=O) groups excluding carboxylic acids is 1. The lowest BCUT2D eigenvalue weighted by molar-refractivity contribution is 0.0601. The summed E-state index contributed by atoms with van der Waals surface area (Å²) in [5.74, 6) is 0.140. The number of hydrogen-bond donors (Lipinski definition) is 0. The molecule has 4 rings (SSSR count). The van der Waals surface area contributed by atoms with E-state index in [2.05, 4.69) is 4.98 Å². The Kier molecular flexibility index (Phi) is 7.15. The summed E-state index contributed by atoms with van der Waals surface area (Å²) < 4.78 is 21.1. The molecule has 1 aliphatic rings. The Morgan fingerprint density at radius 3 is 2.81 bits per heavy atom. The zero-order chi connectivity index (χ0) is 21.3. The molecular weight excluding hydrogens is 419 g/mol. The number of imidazole rings is 1. The van der Waals surface area contributed by atoms with Crippen molar-refractivity contribution in [1.82, 2.24) is 19.3 Å². The van der Waals surface area contributed by atoms with E-state index in [9.17, 15) is 9.18 Å². The molecule has 1 fully saturated rings. The standard InChI is InChI=1S/C23H27FN4O2.ClH/c1-4-30-20-9-8-16(3)25-21(20)23(29)28-10-6-5-7-19(28)12-18-14-27-13-17(24)11-15(2)22(27)26-18;/h8-9,11,13-14,19H,4-7,10,12H2,1-3H3;1H/t19-;/m0./s1. The number of likely N-dealkylation sites (tertiary alicyclic amines) is 1. The average Bonchev–Trinajstić information content (AvgIpc) is 3.12. The number of halogens is 2. The van der Waals surface area contributed by atoms with Crippen molar-refractivity contribution in [3.8, 4) is 5.75 Å². The Balaban J connectivity index is 0.00000272. The molecule has 1 saturated heterocycles. The Bertz CT molecular complexity index is 1080. The molecule has 0 bridgehead atoms. The molecule has 0 unspecified atom stereocenters. The van der Waals surface area contributed by atoms with Crippen molar-refractivity contribution >= 4 is 24.0 Å². The number of piperidine rings is 1. The Labute approximate surface area is 187 Å². The lowest BCUT2D eigenvalue weighted by atomic mass is 9.97. The summed E-state index contributed by atoms with van der Waals surface area (Å²) in [5.41, 5.74) is 3.56. The van der Waals surface area contributed by atoms with Crippen LogP contribution in [-0.2, 0) is 6.42 Å². The number of amides is 1. The van der Waals surface area contributed by atoms with Crippen LogP contribution in [0.15, 0.2) is 30.6 Å². The van der Waals surface area contributed by atoms with Crippen LogP contribution < -0.4 is 4.74 Å². The van der Waals surface area contributed by atoms with Gasteiger partial charge in [0.25, 0.3) is 5.91 Å². The third-order valence-electron chi connectivity index (χ3n) is 5.58. The second kappa shape index (κ2) is 9.64. The highest BCUT2D eigenvalue weighted by molar-refractivity contribution is 5.95. The number of fused-ring (bicyclic) bond motifs is 1. The smallest absolute Gasteiger partial charge is 0.276 e. The number of nitrogens with zero attached hydrogens (tertiary/aromatic N) is 4. The van der Waals surface area contributed by atoms with Gasteiger partial charge in [-0.2, -0.15) is 0 Å². The van der Waals surface area contributed by atoms with Gasteiger partial charge in [0.05, 0.1) is 12.3 Å². The number of pyridine rings is 2. The molecule has 0 radical (unpaired) electrons. The first-order valence-corrected chi connectivity index (χ1v) is 10.5. The molecule has 0 saturated carbocycles. The Morgan fingerprint density at radius 1 is 1.23 bits per heavy atom. The van der Waals surface area contributed by atoms with Crippen LogP contribution >= 0.6 is 12.4 Å². The number of hydrogen-bond acceptors (Lipinski definition) is 4. The SMILES string of the molecule is CCOc1ccc(C)nc1C(=O)N1CCCC[C@H]1Cc1cn2cc(F)cc(C)c2n1.Cl. The monoisotopic (exact) mass is 446 g/mol. The molecule has 8 heteroatoms. The summed E-state index contributed by atoms with van der Waals surface area (Å²) in [7, 11) is 0. The van der Waals surface area contributed by atoms with Crippen molar-refractivity contribution in [2.24, 2.45) is 0 Å². The minimum atomic E-state index is -0.285. The highest BCUT2D eigenvalue weighted by atomic mass is 35.5. The van der Waals surface area contributed by atoms with Crippen LogP contribution in [0.25, 0.3) is 5.65 Å². The number of rotatable bonds is 5. The second-order valence-corrected chi connectivity index (χ2v) is 7.89. The third kappa shape index (κ3) is 4.82. The van der Waals surface area contributed by atoms with Gasteiger partial charge in [-0.05, 0) is 63.8 Å². The lowest BCUT2D eigenvalue weighted by Crippen LogP contribution is -2.45. The molecule has 1 atom stereocenters. The fraction of sp³-hybridized carbons (Fsp3) is 0.435. The second-order valence-electron chi connectivity index (χ2n) is 7.89. The topological polar surface area (TPSA) is 59.7 Å². The van der Waals surface area contributed by atoms with Crippen LogP contribution in [0.4, 0.5) is 4.39 Å². The van der Waals surface area contributed by atoms with Crippen LogP contribution in [0, 0.1) is 19.7 Å². The molecular formula is C23H28ClFN4O2. The van der Waals surface area contributed by atoms with Gasteiger partial charge in [-0.25, -0.2) is 14.4 Å². The maximum atomic E-state index is 13.7. The molecule has 6 nitrogen and oxygen atoms in total. The van der Waals surface area contributed by atoms with E-state index >= 15 is 0 Å². The quantitative estimate of drug-likeness (QED) is 0.577. The Hall–Kier alpha value is -2.67. The van der Waals surface area contributed by atoms with Gasteiger partial charge in [0.2, 0.25) is 0 Å². The predicted molar refractivity (Wildman–Crippen MR) is 120 cm³/mol. The van der Waals surface area contributed by atoms with E-state index in [-0.39, 0.29) is 30.2 Å². The predicted octanol–water partition coefficient (Wildman–Crippen LogP) is 4.54. The van der Waals surface area contributed by atoms with Crippen LogP contribution in [0.5, 0.6) is 5.75 Å². The summed E-state index contributed by atoms with van der Waals surface area (Å²) in [6.45, 7) is 6.78. The Morgan fingerprint density at radius 2 is 2.03 bits per heavy atom. The normalized spacial score (nSPS) is 16.3. The average molecular weight is 447 g/mol. The van der Waals surface area contributed by atoms with Crippen LogP contribution in [0.3, 0.4) is 0 Å². The van der Waals surface area contributed by atoms with Gasteiger partial charge < -0.3 is 14.0 Å². The summed E-state index contributed by atoms with van der Waals surface area (Å²) in [5, 5.41) is 0. The van der Waals surface area contributed by atoms with Gasteiger partial charge in [0.1, 0.15) is 11.5 Å². The first-order valence-electron chi connectivity index (χ1n) is 10.5. The molecule has 3 aromatic heterocycles. The number of aryl methyl sites for hydroxylation is 2. The van der Waals surface area contributed by atoms with Crippen molar-refractivity contribution in [2.75, 3.05) is 13.2 Å². The van der Waals surface area contributed by atoms with E-state index in [1.54, 1.807) is 4.40 Å². The molecule has 0 spiro atoms. The zero-order valence-electron chi connectivity index (χ0n) is 18.1. The third-order valence-corrected chi connectivity index (χ3v) is 5.58. The molecule has 0 aliphatic carbocycles. The molecule has 0 N–H and O–H groups in total. The summed E-state index contributed by atoms with van der Waals surface area (Å²) in [6.07, 6.45) is 6.86. The van der Waals surface area contributed by atoms with E-state index in [1.807, 2.05) is 44.0 Å². The molecule has 4 heterocycles. The van der Waals surface area contributed by atoms with E-state index in [4.69, 9.17) is 9.72 Å². The molecule has 166 valence electrons. The van der Waals surface area contributed by atoms with Gasteiger partial charge in [0.15, 0.2) is 11.4 Å². The van der Waals surface area contributed by atoms with Crippen LogP contribution in [-0.4, -0.2) is 44.4 Å². The lowest BCUT2D eigenvalue weighted by Gasteiger charge is -2.35. The van der Waals surface area contributed by atoms with Gasteiger partial charge in [0, 0.05) is 37.1 Å². The summed E-state index contributed by atoms with van der Waals surface area (Å²) in [4.78, 5) is 24.5. The molecule has 1 amide bonds. The first-order chi connectivity index (χ1) is 14.5. The molecule has 1 aliphatic heterocycles. The minimum Gasteiger partial charge on any atom is -0.491 e. The first kappa shape index (κ1) is 23.0. The molecule has 3 aromatic rings. The van der Waals surface area contributed by atoms with Crippen molar-refractivity contribution < 1.29 is 13.9 Å². The summed E-state index contributed by atoms with van der Waals surface area (Å²) in [6, 6.07) is 5.19. The van der Waals surface area contributed by atoms with Crippen molar-refractivity contribution in [3.63, 3.8) is 0 Å². The maximum Gasteiger partial charge on any atom is 0.276 e. The van der Waals surface area contributed by atoms with Crippen LogP contribution in [0.2, 0.25) is 0 Å². The van der Waals surface area contributed by atoms with Crippen molar-refractivity contribution in [2.45, 2.75) is 52.5 Å². The number of ether oxygens (including phenoxy) is 1. The van der Waals surface area contributed by atoms with Gasteiger partial charge >= 0.3 is 0 Å². The van der Waals surface area contributed by atoms with E-state index < -0.39 is 0 Å². The summed E-state index contributed by atoms with van der Waals surface area (Å²) >= 11 is 0. The van der Waals surface area contributed by atoms with Gasteiger partial charge in [-0.3, -0.25) is 4.79 Å². The van der Waals surface area contributed by atoms with E-state index in [0.29, 0.717) is 31.0 Å². The van der Waals surface area contributed by atoms with Crippen molar-refractivity contribution in [3.05, 3.63) is 59.1 Å². The number of aromatic nitrogens is 3. The largest absolute Gasteiger partial charge is 0.491 e. The van der Waals surface area contributed by atoms with Gasteiger partial charge in [-0.1, -0.05) is 0 Å². The van der Waals surface area contributed by atoms with Crippen LogP contribution in [0.1, 0.15) is 53.6 Å². The molecule has 0 aromatic carbocycles. The van der Waals surface area contributed by atoms with Crippen molar-refractivity contribution in [1.29, 1.82) is 0 Å².